The minimum atomic E-state index is 0.176. The van der Waals surface area contributed by atoms with Gasteiger partial charge >= 0.3 is 0 Å². The number of rotatable bonds is 8. The third kappa shape index (κ3) is 3.82. The highest BCUT2D eigenvalue weighted by Crippen LogP contribution is 2.27. The van der Waals surface area contributed by atoms with E-state index in [1.165, 1.54) is 5.56 Å². The first-order valence-electron chi connectivity index (χ1n) is 7.53. The normalized spacial score (nSPS) is 12.3. The van der Waals surface area contributed by atoms with Gasteiger partial charge < -0.3 is 10.1 Å². The zero-order valence-corrected chi connectivity index (χ0v) is 13.0. The summed E-state index contributed by atoms with van der Waals surface area (Å²) in [6.45, 7) is 6.04. The fourth-order valence-electron chi connectivity index (χ4n) is 2.46. The first-order chi connectivity index (χ1) is 10.3. The van der Waals surface area contributed by atoms with Crippen molar-refractivity contribution < 1.29 is 4.74 Å². The molecule has 0 radical (unpaired) electrons. The van der Waals surface area contributed by atoms with Crippen molar-refractivity contribution in [3.8, 4) is 5.75 Å². The lowest BCUT2D eigenvalue weighted by atomic mass is 10.0. The molecular formula is C16H24N4O. The van der Waals surface area contributed by atoms with E-state index in [1.54, 1.807) is 13.4 Å². The highest BCUT2D eigenvalue weighted by molar-refractivity contribution is 5.36. The lowest BCUT2D eigenvalue weighted by Crippen LogP contribution is -2.26. The van der Waals surface area contributed by atoms with Gasteiger partial charge in [0.25, 0.3) is 0 Å². The predicted molar refractivity (Wildman–Crippen MR) is 83.4 cm³/mol. The summed E-state index contributed by atoms with van der Waals surface area (Å²) in [4.78, 5) is 4.39. The number of hydrogen-bond donors (Lipinski definition) is 1. The van der Waals surface area contributed by atoms with E-state index in [4.69, 9.17) is 4.74 Å². The van der Waals surface area contributed by atoms with Gasteiger partial charge in [0.15, 0.2) is 0 Å². The monoisotopic (exact) mass is 288 g/mol. The number of methoxy groups -OCH3 is 1. The van der Waals surface area contributed by atoms with Crippen molar-refractivity contribution in [1.82, 2.24) is 20.1 Å². The summed E-state index contributed by atoms with van der Waals surface area (Å²) in [6, 6.07) is 8.33. The molecule has 0 fully saturated rings. The molecule has 0 saturated heterocycles. The maximum atomic E-state index is 5.50. The van der Waals surface area contributed by atoms with Crippen LogP contribution in [0.4, 0.5) is 0 Å². The van der Waals surface area contributed by atoms with Gasteiger partial charge in [-0.1, -0.05) is 25.1 Å². The molecule has 0 aliphatic heterocycles. The van der Waals surface area contributed by atoms with Crippen LogP contribution in [0.15, 0.2) is 30.6 Å². The zero-order valence-electron chi connectivity index (χ0n) is 13.0. The van der Waals surface area contributed by atoms with Crippen LogP contribution in [0.5, 0.6) is 5.75 Å². The van der Waals surface area contributed by atoms with E-state index in [2.05, 4.69) is 35.3 Å². The fourth-order valence-corrected chi connectivity index (χ4v) is 2.46. The molecule has 114 valence electrons. The van der Waals surface area contributed by atoms with Crippen LogP contribution in [-0.4, -0.2) is 28.4 Å². The molecular weight excluding hydrogens is 264 g/mol. The van der Waals surface area contributed by atoms with Crippen molar-refractivity contribution in [2.24, 2.45) is 0 Å². The van der Waals surface area contributed by atoms with E-state index in [1.807, 2.05) is 22.9 Å². The van der Waals surface area contributed by atoms with E-state index in [0.29, 0.717) is 0 Å². The molecule has 0 aliphatic carbocycles. The topological polar surface area (TPSA) is 52.0 Å². The van der Waals surface area contributed by atoms with Crippen LogP contribution in [0, 0.1) is 0 Å². The Morgan fingerprint density at radius 1 is 1.29 bits per heavy atom. The second-order valence-corrected chi connectivity index (χ2v) is 4.94. The van der Waals surface area contributed by atoms with E-state index < -0.39 is 0 Å². The molecule has 21 heavy (non-hydrogen) atoms. The standard InChI is InChI=1S/C16H24N4O/c1-4-10-17-14(11-16-18-12-19-20(16)5-2)13-8-6-7-9-15(13)21-3/h6-9,12,14,17H,4-5,10-11H2,1-3H3. The molecule has 0 spiro atoms. The number of nitrogens with zero attached hydrogens (tertiary/aromatic N) is 3. The maximum Gasteiger partial charge on any atom is 0.138 e. The predicted octanol–water partition coefficient (Wildman–Crippen LogP) is 2.59. The molecule has 1 heterocycles. The number of hydrogen-bond acceptors (Lipinski definition) is 4. The largest absolute Gasteiger partial charge is 0.496 e. The maximum absolute atomic E-state index is 5.50. The molecule has 1 aromatic heterocycles. The molecule has 0 amide bonds. The van der Waals surface area contributed by atoms with Crippen molar-refractivity contribution in [2.45, 2.75) is 39.3 Å². The number of ether oxygens (including phenoxy) is 1. The number of nitrogens with one attached hydrogen (secondary N) is 1. The van der Waals surface area contributed by atoms with Crippen molar-refractivity contribution in [2.75, 3.05) is 13.7 Å². The Labute approximate surface area is 126 Å². The molecule has 1 N–H and O–H groups in total. The third-order valence-corrected chi connectivity index (χ3v) is 3.54. The van der Waals surface area contributed by atoms with Crippen molar-refractivity contribution >= 4 is 0 Å². The van der Waals surface area contributed by atoms with Crippen molar-refractivity contribution in [3.63, 3.8) is 0 Å². The molecule has 5 heteroatoms. The van der Waals surface area contributed by atoms with Crippen LogP contribution in [0.2, 0.25) is 0 Å². The number of benzene rings is 1. The number of aryl methyl sites for hydroxylation is 1. The van der Waals surface area contributed by atoms with Crippen LogP contribution in [0.1, 0.15) is 37.7 Å². The van der Waals surface area contributed by atoms with Crippen LogP contribution in [-0.2, 0) is 13.0 Å². The first-order valence-corrected chi connectivity index (χ1v) is 7.53. The lowest BCUT2D eigenvalue weighted by molar-refractivity contribution is 0.396. The van der Waals surface area contributed by atoms with Gasteiger partial charge in [0.05, 0.1) is 7.11 Å². The average Bonchev–Trinajstić information content (AvgIpc) is 2.98. The molecule has 1 unspecified atom stereocenters. The van der Waals surface area contributed by atoms with E-state index in [-0.39, 0.29) is 6.04 Å². The summed E-state index contributed by atoms with van der Waals surface area (Å²) in [6.07, 6.45) is 3.51. The summed E-state index contributed by atoms with van der Waals surface area (Å²) in [5, 5.41) is 7.84. The molecule has 0 aliphatic rings. The van der Waals surface area contributed by atoms with Gasteiger partial charge in [-0.05, 0) is 26.0 Å². The molecule has 2 aromatic rings. The summed E-state index contributed by atoms with van der Waals surface area (Å²) in [7, 11) is 1.71. The van der Waals surface area contributed by atoms with Gasteiger partial charge in [0.1, 0.15) is 17.9 Å². The quantitative estimate of drug-likeness (QED) is 0.811. The van der Waals surface area contributed by atoms with E-state index in [9.17, 15) is 0 Å². The molecule has 5 nitrogen and oxygen atoms in total. The fraction of sp³-hybridized carbons (Fsp3) is 0.500. The lowest BCUT2D eigenvalue weighted by Gasteiger charge is -2.21. The number of aromatic nitrogens is 3. The van der Waals surface area contributed by atoms with Crippen molar-refractivity contribution in [1.29, 1.82) is 0 Å². The molecule has 1 atom stereocenters. The Balaban J connectivity index is 2.25. The van der Waals surface area contributed by atoms with E-state index in [0.717, 1.165) is 37.5 Å². The summed E-state index contributed by atoms with van der Waals surface area (Å²) < 4.78 is 7.44. The third-order valence-electron chi connectivity index (χ3n) is 3.54. The second-order valence-electron chi connectivity index (χ2n) is 4.94. The van der Waals surface area contributed by atoms with Gasteiger partial charge in [0.2, 0.25) is 0 Å². The van der Waals surface area contributed by atoms with Crippen molar-refractivity contribution in [3.05, 3.63) is 42.0 Å². The Hall–Kier alpha value is -1.88. The summed E-state index contributed by atoms with van der Waals surface area (Å²) >= 11 is 0. The average molecular weight is 288 g/mol. The van der Waals surface area contributed by atoms with Crippen LogP contribution in [0.25, 0.3) is 0 Å². The van der Waals surface area contributed by atoms with Gasteiger partial charge in [-0.2, -0.15) is 5.10 Å². The minimum Gasteiger partial charge on any atom is -0.496 e. The molecule has 0 bridgehead atoms. The second kappa shape index (κ2) is 7.78. The minimum absolute atomic E-state index is 0.176. The Bertz CT molecular complexity index is 553. The molecule has 1 aromatic carbocycles. The molecule has 2 rings (SSSR count). The Kier molecular flexibility index (Phi) is 5.75. The summed E-state index contributed by atoms with van der Waals surface area (Å²) in [5.74, 6) is 1.91. The van der Waals surface area contributed by atoms with Crippen LogP contribution in [0.3, 0.4) is 0 Å². The summed E-state index contributed by atoms with van der Waals surface area (Å²) in [5.41, 5.74) is 1.17. The molecule has 0 saturated carbocycles. The van der Waals surface area contributed by atoms with Crippen LogP contribution >= 0.6 is 0 Å². The zero-order chi connectivity index (χ0) is 15.1. The van der Waals surface area contributed by atoms with Gasteiger partial charge in [0, 0.05) is 24.6 Å². The van der Waals surface area contributed by atoms with Crippen LogP contribution < -0.4 is 10.1 Å². The van der Waals surface area contributed by atoms with Gasteiger partial charge in [-0.15, -0.1) is 0 Å². The van der Waals surface area contributed by atoms with E-state index >= 15 is 0 Å². The smallest absolute Gasteiger partial charge is 0.138 e. The Morgan fingerprint density at radius 3 is 2.81 bits per heavy atom. The SMILES string of the molecule is CCCNC(Cc1ncnn1CC)c1ccccc1OC. The van der Waals surface area contributed by atoms with Gasteiger partial charge in [-0.25, -0.2) is 4.98 Å². The number of para-hydroxylation sites is 1. The highest BCUT2D eigenvalue weighted by Gasteiger charge is 2.18. The Morgan fingerprint density at radius 2 is 2.10 bits per heavy atom. The first kappa shape index (κ1) is 15.5. The van der Waals surface area contributed by atoms with Gasteiger partial charge in [-0.3, -0.25) is 4.68 Å². The highest BCUT2D eigenvalue weighted by atomic mass is 16.5.